The standard InChI is InChI=1S/C14H26O.C10H14O/c1-4-6-13-7-10-14(9-5-2,11-8-13)12(3)15;1-8(2)11-10-6-4-9(3)5-7-10/h13H,4-11H2,1-3H3;4-8H,1-3H3. The van der Waals surface area contributed by atoms with Gasteiger partial charge in [0, 0.05) is 5.41 Å². The number of ketones is 1. The highest BCUT2D eigenvalue weighted by Crippen LogP contribution is 2.44. The lowest BCUT2D eigenvalue weighted by atomic mass is 9.65. The van der Waals surface area contributed by atoms with Crippen LogP contribution >= 0.6 is 0 Å². The van der Waals surface area contributed by atoms with Crippen molar-refractivity contribution in [3.8, 4) is 5.75 Å². The van der Waals surface area contributed by atoms with E-state index in [1.54, 1.807) is 6.92 Å². The molecule has 2 nitrogen and oxygen atoms in total. The second-order valence-corrected chi connectivity index (χ2v) is 8.30. The third kappa shape index (κ3) is 7.51. The Morgan fingerprint density at radius 1 is 1.12 bits per heavy atom. The van der Waals surface area contributed by atoms with E-state index in [1.807, 2.05) is 26.0 Å². The van der Waals surface area contributed by atoms with Crippen LogP contribution in [0.15, 0.2) is 24.3 Å². The Kier molecular flexibility index (Phi) is 9.98. The number of hydrogen-bond acceptors (Lipinski definition) is 2. The summed E-state index contributed by atoms with van der Waals surface area (Å²) in [4.78, 5) is 11.8. The molecule has 1 aliphatic carbocycles. The van der Waals surface area contributed by atoms with E-state index in [1.165, 1.54) is 31.2 Å². The van der Waals surface area contributed by atoms with Gasteiger partial charge in [0.1, 0.15) is 11.5 Å². The van der Waals surface area contributed by atoms with Crippen LogP contribution < -0.4 is 4.74 Å². The maximum atomic E-state index is 11.8. The molecule has 0 aliphatic heterocycles. The molecule has 148 valence electrons. The fourth-order valence-electron chi connectivity index (χ4n) is 4.07. The molecule has 1 saturated carbocycles. The number of carbonyl (C=O) groups is 1. The molecule has 2 heteroatoms. The van der Waals surface area contributed by atoms with Crippen LogP contribution in [0.5, 0.6) is 5.75 Å². The Morgan fingerprint density at radius 3 is 2.12 bits per heavy atom. The van der Waals surface area contributed by atoms with Gasteiger partial charge in [-0.2, -0.15) is 0 Å². The summed E-state index contributed by atoms with van der Waals surface area (Å²) in [6.45, 7) is 12.4. The van der Waals surface area contributed by atoms with Crippen molar-refractivity contribution in [3.63, 3.8) is 0 Å². The molecule has 0 spiro atoms. The number of ether oxygens (including phenoxy) is 1. The molecule has 2 rings (SSSR count). The first-order chi connectivity index (χ1) is 12.3. The molecule has 0 heterocycles. The molecule has 0 radical (unpaired) electrons. The fraction of sp³-hybridized carbons (Fsp3) is 0.708. The van der Waals surface area contributed by atoms with Crippen LogP contribution in [0.1, 0.15) is 91.5 Å². The van der Waals surface area contributed by atoms with E-state index in [2.05, 4.69) is 32.9 Å². The van der Waals surface area contributed by atoms with Crippen molar-refractivity contribution in [3.05, 3.63) is 29.8 Å². The zero-order valence-corrected chi connectivity index (χ0v) is 17.9. The second-order valence-electron chi connectivity index (χ2n) is 8.30. The third-order valence-electron chi connectivity index (χ3n) is 5.63. The molecule has 0 bridgehead atoms. The SMILES string of the molecule is CCCC1CCC(CCC)(C(C)=O)CC1.Cc1ccc(OC(C)C)cc1. The van der Waals surface area contributed by atoms with Gasteiger partial charge in [0.2, 0.25) is 0 Å². The predicted octanol–water partition coefficient (Wildman–Crippen LogP) is 7.13. The lowest BCUT2D eigenvalue weighted by Gasteiger charge is -2.38. The average molecular weight is 361 g/mol. The molecule has 0 aromatic heterocycles. The number of aryl methyl sites for hydroxylation is 1. The van der Waals surface area contributed by atoms with Crippen LogP contribution in [0.4, 0.5) is 0 Å². The number of Topliss-reactive ketones (excluding diaryl/α,β-unsaturated/α-hetero) is 1. The Labute approximate surface area is 161 Å². The molecule has 1 aromatic carbocycles. The quantitative estimate of drug-likeness (QED) is 0.516. The number of benzene rings is 1. The minimum atomic E-state index is 0.0684. The molecule has 0 N–H and O–H groups in total. The molecular weight excluding hydrogens is 320 g/mol. The summed E-state index contributed by atoms with van der Waals surface area (Å²) in [6, 6.07) is 8.10. The van der Waals surface area contributed by atoms with Crippen molar-refractivity contribution in [1.82, 2.24) is 0 Å². The molecule has 0 amide bonds. The van der Waals surface area contributed by atoms with Crippen molar-refractivity contribution in [2.24, 2.45) is 11.3 Å². The lowest BCUT2D eigenvalue weighted by Crippen LogP contribution is -2.34. The normalized spacial score (nSPS) is 22.5. The first-order valence-electron chi connectivity index (χ1n) is 10.6. The number of hydrogen-bond donors (Lipinski definition) is 0. The summed E-state index contributed by atoms with van der Waals surface area (Å²) in [5.41, 5.74) is 1.33. The van der Waals surface area contributed by atoms with Gasteiger partial charge in [-0.25, -0.2) is 0 Å². The molecular formula is C24H40O2. The highest BCUT2D eigenvalue weighted by molar-refractivity contribution is 5.82. The van der Waals surface area contributed by atoms with Gasteiger partial charge in [0.25, 0.3) is 0 Å². The van der Waals surface area contributed by atoms with Crippen LogP contribution in [0.3, 0.4) is 0 Å². The van der Waals surface area contributed by atoms with Crippen molar-refractivity contribution >= 4 is 5.78 Å². The zero-order valence-electron chi connectivity index (χ0n) is 17.9. The van der Waals surface area contributed by atoms with E-state index in [-0.39, 0.29) is 11.5 Å². The van der Waals surface area contributed by atoms with Crippen molar-refractivity contribution in [1.29, 1.82) is 0 Å². The van der Waals surface area contributed by atoms with Gasteiger partial charge in [-0.3, -0.25) is 4.79 Å². The Balaban J connectivity index is 0.000000273. The summed E-state index contributed by atoms with van der Waals surface area (Å²) in [6.07, 6.45) is 10.1. The van der Waals surface area contributed by atoms with E-state index in [9.17, 15) is 4.79 Å². The highest BCUT2D eigenvalue weighted by atomic mass is 16.5. The molecule has 26 heavy (non-hydrogen) atoms. The minimum absolute atomic E-state index is 0.0684. The third-order valence-corrected chi connectivity index (χ3v) is 5.63. The van der Waals surface area contributed by atoms with Gasteiger partial charge in [0.15, 0.2) is 0 Å². The maximum Gasteiger partial charge on any atom is 0.135 e. The maximum absolute atomic E-state index is 11.8. The lowest BCUT2D eigenvalue weighted by molar-refractivity contribution is -0.129. The van der Waals surface area contributed by atoms with Crippen molar-refractivity contribution < 1.29 is 9.53 Å². The van der Waals surface area contributed by atoms with Gasteiger partial charge in [-0.05, 0) is 77.8 Å². The topological polar surface area (TPSA) is 26.3 Å². The van der Waals surface area contributed by atoms with Gasteiger partial charge >= 0.3 is 0 Å². The van der Waals surface area contributed by atoms with Crippen LogP contribution in [0.2, 0.25) is 0 Å². The fourth-order valence-corrected chi connectivity index (χ4v) is 4.07. The Bertz CT molecular complexity index is 508. The predicted molar refractivity (Wildman–Crippen MR) is 112 cm³/mol. The molecule has 1 fully saturated rings. The highest BCUT2D eigenvalue weighted by Gasteiger charge is 2.37. The largest absolute Gasteiger partial charge is 0.491 e. The van der Waals surface area contributed by atoms with Crippen LogP contribution in [-0.4, -0.2) is 11.9 Å². The second kappa shape index (κ2) is 11.4. The van der Waals surface area contributed by atoms with Crippen LogP contribution in [0, 0.1) is 18.3 Å². The molecule has 1 aromatic rings. The molecule has 0 atom stereocenters. The monoisotopic (exact) mass is 360 g/mol. The van der Waals surface area contributed by atoms with E-state index < -0.39 is 0 Å². The smallest absolute Gasteiger partial charge is 0.135 e. The number of carbonyl (C=O) groups excluding carboxylic acids is 1. The van der Waals surface area contributed by atoms with Crippen LogP contribution in [-0.2, 0) is 4.79 Å². The molecule has 0 unspecified atom stereocenters. The minimum Gasteiger partial charge on any atom is -0.491 e. The van der Waals surface area contributed by atoms with Crippen molar-refractivity contribution in [2.45, 2.75) is 99.0 Å². The van der Waals surface area contributed by atoms with Gasteiger partial charge in [-0.15, -0.1) is 0 Å². The van der Waals surface area contributed by atoms with Crippen molar-refractivity contribution in [2.75, 3.05) is 0 Å². The Hall–Kier alpha value is -1.31. The van der Waals surface area contributed by atoms with E-state index in [0.29, 0.717) is 5.78 Å². The van der Waals surface area contributed by atoms with E-state index in [0.717, 1.165) is 37.4 Å². The number of rotatable bonds is 7. The van der Waals surface area contributed by atoms with E-state index >= 15 is 0 Å². The summed E-state index contributed by atoms with van der Waals surface area (Å²) in [7, 11) is 0. The molecule has 1 aliphatic rings. The molecule has 0 saturated heterocycles. The average Bonchev–Trinajstić information content (AvgIpc) is 2.59. The zero-order chi connectivity index (χ0) is 19.6. The first kappa shape index (κ1) is 22.7. The summed E-state index contributed by atoms with van der Waals surface area (Å²) in [5, 5.41) is 0. The van der Waals surface area contributed by atoms with Gasteiger partial charge < -0.3 is 4.74 Å². The Morgan fingerprint density at radius 2 is 1.69 bits per heavy atom. The van der Waals surface area contributed by atoms with Crippen LogP contribution in [0.25, 0.3) is 0 Å². The van der Waals surface area contributed by atoms with Gasteiger partial charge in [-0.1, -0.05) is 50.8 Å². The summed E-state index contributed by atoms with van der Waals surface area (Å²) < 4.78 is 5.47. The first-order valence-corrected chi connectivity index (χ1v) is 10.6. The van der Waals surface area contributed by atoms with Gasteiger partial charge in [0.05, 0.1) is 6.10 Å². The summed E-state index contributed by atoms with van der Waals surface area (Å²) >= 11 is 0. The summed E-state index contributed by atoms with van der Waals surface area (Å²) in [5.74, 6) is 2.30. The van der Waals surface area contributed by atoms with E-state index in [4.69, 9.17) is 4.74 Å².